The van der Waals surface area contributed by atoms with E-state index in [9.17, 15) is 18.3 Å². The molecule has 1 aromatic rings. The molecule has 1 heterocycles. The predicted octanol–water partition coefficient (Wildman–Crippen LogP) is 3.24. The fourth-order valence-corrected chi connectivity index (χ4v) is 3.65. The van der Waals surface area contributed by atoms with E-state index in [0.717, 1.165) is 31.7 Å². The van der Waals surface area contributed by atoms with Crippen LogP contribution in [0.15, 0.2) is 24.3 Å². The maximum absolute atomic E-state index is 12.9. The number of benzene rings is 1. The first-order valence-corrected chi connectivity index (χ1v) is 7.33. The highest BCUT2D eigenvalue weighted by molar-refractivity contribution is 5.39. The van der Waals surface area contributed by atoms with Gasteiger partial charge < -0.3 is 5.11 Å². The summed E-state index contributed by atoms with van der Waals surface area (Å²) in [6.45, 7) is 1.58. The van der Waals surface area contributed by atoms with Crippen molar-refractivity contribution in [2.75, 3.05) is 13.1 Å². The third-order valence-electron chi connectivity index (χ3n) is 4.96. The standard InChI is InChI=1S/C16H20F3NO/c1-14(21,16(17,18)19)10-20-9-12-5-2-3-6-13(12)15(11-20)7-4-8-15/h2-3,5-6,21H,4,7-11H2,1H3. The summed E-state index contributed by atoms with van der Waals surface area (Å²) in [5.41, 5.74) is -0.277. The van der Waals surface area contributed by atoms with Crippen molar-refractivity contribution in [3.63, 3.8) is 0 Å². The maximum atomic E-state index is 12.9. The molecule has 1 fully saturated rings. The summed E-state index contributed by atoms with van der Waals surface area (Å²) in [6.07, 6.45) is -1.43. The Morgan fingerprint density at radius 3 is 2.48 bits per heavy atom. The third-order valence-corrected chi connectivity index (χ3v) is 4.96. The Labute approximate surface area is 122 Å². The summed E-state index contributed by atoms with van der Waals surface area (Å²) in [4.78, 5) is 1.76. The van der Waals surface area contributed by atoms with Crippen LogP contribution >= 0.6 is 0 Å². The molecule has 1 aliphatic carbocycles. The van der Waals surface area contributed by atoms with Gasteiger partial charge >= 0.3 is 6.18 Å². The van der Waals surface area contributed by atoms with Crippen LogP contribution in [0, 0.1) is 0 Å². The van der Waals surface area contributed by atoms with Gasteiger partial charge in [-0.05, 0) is 30.9 Å². The molecule has 0 radical (unpaired) electrons. The van der Waals surface area contributed by atoms with Crippen molar-refractivity contribution in [1.82, 2.24) is 4.90 Å². The Morgan fingerprint density at radius 1 is 1.24 bits per heavy atom. The van der Waals surface area contributed by atoms with Crippen LogP contribution in [0.3, 0.4) is 0 Å². The van der Waals surface area contributed by atoms with Gasteiger partial charge in [0, 0.05) is 25.0 Å². The van der Waals surface area contributed by atoms with Crippen LogP contribution in [-0.4, -0.2) is 34.9 Å². The van der Waals surface area contributed by atoms with E-state index in [-0.39, 0.29) is 12.0 Å². The lowest BCUT2D eigenvalue weighted by Crippen LogP contribution is -2.56. The fraction of sp³-hybridized carbons (Fsp3) is 0.625. The third kappa shape index (κ3) is 2.46. The molecule has 0 aromatic heterocycles. The fourth-order valence-electron chi connectivity index (χ4n) is 3.65. The van der Waals surface area contributed by atoms with E-state index in [2.05, 4.69) is 6.07 Å². The van der Waals surface area contributed by atoms with E-state index in [0.29, 0.717) is 13.1 Å². The molecule has 1 spiro atoms. The first-order valence-electron chi connectivity index (χ1n) is 7.33. The zero-order valence-corrected chi connectivity index (χ0v) is 12.1. The number of halogens is 3. The van der Waals surface area contributed by atoms with Gasteiger partial charge in [0.25, 0.3) is 0 Å². The topological polar surface area (TPSA) is 23.5 Å². The number of hydrogen-bond donors (Lipinski definition) is 1. The second-order valence-corrected chi connectivity index (χ2v) is 6.71. The average Bonchev–Trinajstić information content (AvgIpc) is 2.34. The molecule has 2 nitrogen and oxygen atoms in total. The molecule has 3 rings (SSSR count). The molecule has 1 aromatic carbocycles. The second kappa shape index (κ2) is 4.71. The highest BCUT2D eigenvalue weighted by Gasteiger charge is 2.52. The van der Waals surface area contributed by atoms with Crippen LogP contribution in [0.5, 0.6) is 0 Å². The summed E-state index contributed by atoms with van der Waals surface area (Å²) >= 11 is 0. The number of aliphatic hydroxyl groups is 1. The molecule has 1 atom stereocenters. The molecule has 1 saturated carbocycles. The van der Waals surface area contributed by atoms with Gasteiger partial charge in [0.15, 0.2) is 5.60 Å². The summed E-state index contributed by atoms with van der Waals surface area (Å²) in [5, 5.41) is 9.75. The summed E-state index contributed by atoms with van der Waals surface area (Å²) < 4.78 is 38.7. The number of hydrogen-bond acceptors (Lipinski definition) is 2. The lowest BCUT2D eigenvalue weighted by Gasteiger charge is -2.51. The SMILES string of the molecule is CC(O)(CN1Cc2ccccc2C2(CCC2)C1)C(F)(F)F. The molecule has 0 saturated heterocycles. The van der Waals surface area contributed by atoms with Crippen molar-refractivity contribution >= 4 is 0 Å². The monoisotopic (exact) mass is 299 g/mol. The molecule has 5 heteroatoms. The zero-order chi connectivity index (χ0) is 15.3. The van der Waals surface area contributed by atoms with E-state index < -0.39 is 11.8 Å². The Morgan fingerprint density at radius 2 is 1.90 bits per heavy atom. The minimum absolute atomic E-state index is 0.00345. The van der Waals surface area contributed by atoms with Crippen LogP contribution in [0.1, 0.15) is 37.3 Å². The molecular weight excluding hydrogens is 279 g/mol. The highest BCUT2D eigenvalue weighted by atomic mass is 19.4. The van der Waals surface area contributed by atoms with Crippen LogP contribution in [0.2, 0.25) is 0 Å². The summed E-state index contributed by atoms with van der Waals surface area (Å²) in [5.74, 6) is 0. The average molecular weight is 299 g/mol. The minimum Gasteiger partial charge on any atom is -0.380 e. The van der Waals surface area contributed by atoms with Crippen molar-refractivity contribution in [1.29, 1.82) is 0 Å². The number of alkyl halides is 3. The van der Waals surface area contributed by atoms with Gasteiger partial charge in [-0.2, -0.15) is 13.2 Å². The number of rotatable bonds is 2. The number of β-amino-alcohol motifs (C(OH)–C–C–N with tert-alkyl or cyclic N) is 1. The van der Waals surface area contributed by atoms with Gasteiger partial charge in [-0.3, -0.25) is 4.90 Å². The molecule has 1 N–H and O–H groups in total. The van der Waals surface area contributed by atoms with Crippen molar-refractivity contribution in [2.45, 2.75) is 49.9 Å². The summed E-state index contributed by atoms with van der Waals surface area (Å²) in [7, 11) is 0. The second-order valence-electron chi connectivity index (χ2n) is 6.71. The van der Waals surface area contributed by atoms with Crippen LogP contribution in [0.4, 0.5) is 13.2 Å². The Bertz CT molecular complexity index is 535. The van der Waals surface area contributed by atoms with E-state index in [1.807, 2.05) is 18.2 Å². The van der Waals surface area contributed by atoms with E-state index in [1.165, 1.54) is 5.56 Å². The normalized spacial score (nSPS) is 24.2. The van der Waals surface area contributed by atoms with Gasteiger partial charge in [0.2, 0.25) is 0 Å². The number of nitrogens with zero attached hydrogens (tertiary/aromatic N) is 1. The van der Waals surface area contributed by atoms with Gasteiger partial charge in [0.05, 0.1) is 0 Å². The van der Waals surface area contributed by atoms with E-state index in [1.54, 1.807) is 4.90 Å². The smallest absolute Gasteiger partial charge is 0.380 e. The predicted molar refractivity (Wildman–Crippen MR) is 73.9 cm³/mol. The largest absolute Gasteiger partial charge is 0.418 e. The van der Waals surface area contributed by atoms with Crippen molar-refractivity contribution in [2.24, 2.45) is 0 Å². The number of fused-ring (bicyclic) bond motifs is 2. The highest BCUT2D eigenvalue weighted by Crippen LogP contribution is 2.48. The molecule has 0 amide bonds. The molecule has 1 unspecified atom stereocenters. The lowest BCUT2D eigenvalue weighted by molar-refractivity contribution is -0.259. The van der Waals surface area contributed by atoms with E-state index >= 15 is 0 Å². The Hall–Kier alpha value is -1.07. The van der Waals surface area contributed by atoms with Crippen molar-refractivity contribution < 1.29 is 18.3 Å². The first kappa shape index (κ1) is 14.9. The minimum atomic E-state index is -4.60. The molecular formula is C16H20F3NO. The molecule has 1 aliphatic heterocycles. The quantitative estimate of drug-likeness (QED) is 0.906. The maximum Gasteiger partial charge on any atom is 0.418 e. The van der Waals surface area contributed by atoms with Crippen LogP contribution < -0.4 is 0 Å². The zero-order valence-electron chi connectivity index (χ0n) is 12.1. The molecule has 116 valence electrons. The van der Waals surface area contributed by atoms with Gasteiger partial charge in [0.1, 0.15) is 0 Å². The van der Waals surface area contributed by atoms with Crippen LogP contribution in [-0.2, 0) is 12.0 Å². The summed E-state index contributed by atoms with van der Waals surface area (Å²) in [6, 6.07) is 8.02. The Balaban J connectivity index is 1.85. The van der Waals surface area contributed by atoms with Crippen molar-refractivity contribution in [3.8, 4) is 0 Å². The molecule has 21 heavy (non-hydrogen) atoms. The molecule has 2 aliphatic rings. The van der Waals surface area contributed by atoms with Crippen LogP contribution in [0.25, 0.3) is 0 Å². The Kier molecular flexibility index (Phi) is 3.33. The lowest BCUT2D eigenvalue weighted by atomic mass is 9.61. The van der Waals surface area contributed by atoms with Gasteiger partial charge in [-0.25, -0.2) is 0 Å². The van der Waals surface area contributed by atoms with Crippen molar-refractivity contribution in [3.05, 3.63) is 35.4 Å². The van der Waals surface area contributed by atoms with Gasteiger partial charge in [-0.1, -0.05) is 30.7 Å². The van der Waals surface area contributed by atoms with Gasteiger partial charge in [-0.15, -0.1) is 0 Å². The molecule has 0 bridgehead atoms. The van der Waals surface area contributed by atoms with E-state index in [4.69, 9.17) is 0 Å². The first-order chi connectivity index (χ1) is 9.74.